The van der Waals surface area contributed by atoms with Gasteiger partial charge in [-0.3, -0.25) is 0 Å². The smallest absolute Gasteiger partial charge is 0.0807 e. The van der Waals surface area contributed by atoms with E-state index in [-0.39, 0.29) is 6.10 Å². The van der Waals surface area contributed by atoms with Crippen LogP contribution in [0.5, 0.6) is 0 Å². The second-order valence-corrected chi connectivity index (χ2v) is 5.35. The van der Waals surface area contributed by atoms with E-state index >= 15 is 0 Å². The zero-order chi connectivity index (χ0) is 13.1. The number of anilines is 1. The summed E-state index contributed by atoms with van der Waals surface area (Å²) in [7, 11) is 2.06. The Kier molecular flexibility index (Phi) is 4.25. The van der Waals surface area contributed by atoms with Crippen molar-refractivity contribution in [2.75, 3.05) is 18.5 Å². The summed E-state index contributed by atoms with van der Waals surface area (Å²) in [5.74, 6) is 0.580. The molecular formula is C15H23NO2. The minimum Gasteiger partial charge on any atom is -0.393 e. The first-order valence-corrected chi connectivity index (χ1v) is 6.78. The quantitative estimate of drug-likeness (QED) is 0.842. The van der Waals surface area contributed by atoms with Gasteiger partial charge in [0.25, 0.3) is 0 Å². The standard InChI is InChI=1S/C15H23NO2/c1-3-15(18)13-6-4-5-7-14(13)16(2)10-11-8-12(17)9-11/h4-7,11-12,15,17-18H,3,8-10H2,1-2H3. The summed E-state index contributed by atoms with van der Waals surface area (Å²) in [6.07, 6.45) is 2.05. The number of para-hydroxylation sites is 1. The van der Waals surface area contributed by atoms with Crippen molar-refractivity contribution in [2.24, 2.45) is 5.92 Å². The zero-order valence-electron chi connectivity index (χ0n) is 11.2. The number of aliphatic hydroxyl groups is 2. The minimum atomic E-state index is -0.393. The summed E-state index contributed by atoms with van der Waals surface area (Å²) in [6.45, 7) is 2.94. The van der Waals surface area contributed by atoms with Crippen LogP contribution in [0.15, 0.2) is 24.3 Å². The molecule has 100 valence electrons. The number of hydrogen-bond donors (Lipinski definition) is 2. The lowest BCUT2D eigenvalue weighted by Gasteiger charge is -2.36. The topological polar surface area (TPSA) is 43.7 Å². The Morgan fingerprint density at radius 2 is 2.00 bits per heavy atom. The summed E-state index contributed by atoms with van der Waals surface area (Å²) < 4.78 is 0. The molecule has 0 saturated heterocycles. The highest BCUT2D eigenvalue weighted by atomic mass is 16.3. The van der Waals surface area contributed by atoms with Crippen molar-refractivity contribution >= 4 is 5.69 Å². The summed E-state index contributed by atoms with van der Waals surface area (Å²) >= 11 is 0. The molecule has 1 fully saturated rings. The predicted octanol–water partition coefficient (Wildman–Crippen LogP) is 2.34. The third kappa shape index (κ3) is 2.85. The maximum atomic E-state index is 10.0. The SMILES string of the molecule is CCC(O)c1ccccc1N(C)CC1CC(O)C1. The molecule has 2 rings (SSSR count). The Hall–Kier alpha value is -1.06. The first-order chi connectivity index (χ1) is 8.61. The van der Waals surface area contributed by atoms with E-state index in [1.54, 1.807) is 0 Å². The normalized spacial score (nSPS) is 24.4. The Morgan fingerprint density at radius 3 is 2.61 bits per heavy atom. The van der Waals surface area contributed by atoms with Crippen LogP contribution in [0.3, 0.4) is 0 Å². The molecule has 1 saturated carbocycles. The average molecular weight is 249 g/mol. The fraction of sp³-hybridized carbons (Fsp3) is 0.600. The lowest BCUT2D eigenvalue weighted by atomic mass is 9.82. The van der Waals surface area contributed by atoms with E-state index in [1.165, 1.54) is 0 Å². The maximum absolute atomic E-state index is 10.0. The molecule has 2 N–H and O–H groups in total. The van der Waals surface area contributed by atoms with E-state index in [4.69, 9.17) is 0 Å². The monoisotopic (exact) mass is 249 g/mol. The van der Waals surface area contributed by atoms with E-state index in [2.05, 4.69) is 18.0 Å². The lowest BCUT2D eigenvalue weighted by Crippen LogP contribution is -2.37. The number of benzene rings is 1. The molecule has 0 amide bonds. The van der Waals surface area contributed by atoms with Crippen LogP contribution in [0, 0.1) is 5.92 Å². The number of hydrogen-bond acceptors (Lipinski definition) is 3. The highest BCUT2D eigenvalue weighted by molar-refractivity contribution is 5.54. The van der Waals surface area contributed by atoms with E-state index in [9.17, 15) is 10.2 Å². The third-order valence-corrected chi connectivity index (χ3v) is 3.84. The zero-order valence-corrected chi connectivity index (χ0v) is 11.2. The van der Waals surface area contributed by atoms with E-state index in [0.29, 0.717) is 5.92 Å². The van der Waals surface area contributed by atoms with Crippen molar-refractivity contribution in [2.45, 2.75) is 38.4 Å². The molecular weight excluding hydrogens is 226 g/mol. The molecule has 1 aromatic carbocycles. The largest absolute Gasteiger partial charge is 0.393 e. The molecule has 0 aliphatic heterocycles. The Bertz CT molecular complexity index is 388. The van der Waals surface area contributed by atoms with Gasteiger partial charge in [0.05, 0.1) is 12.2 Å². The van der Waals surface area contributed by atoms with Gasteiger partial charge in [0.2, 0.25) is 0 Å². The molecule has 0 radical (unpaired) electrons. The fourth-order valence-corrected chi connectivity index (χ4v) is 2.67. The number of nitrogens with zero attached hydrogens (tertiary/aromatic N) is 1. The van der Waals surface area contributed by atoms with Crippen LogP contribution in [0.25, 0.3) is 0 Å². The van der Waals surface area contributed by atoms with Crippen LogP contribution in [-0.4, -0.2) is 29.9 Å². The second-order valence-electron chi connectivity index (χ2n) is 5.35. The molecule has 1 aliphatic rings. The van der Waals surface area contributed by atoms with Gasteiger partial charge in [0.15, 0.2) is 0 Å². The summed E-state index contributed by atoms with van der Waals surface area (Å²) in [5, 5.41) is 19.4. The number of aliphatic hydroxyl groups excluding tert-OH is 2. The van der Waals surface area contributed by atoms with Crippen molar-refractivity contribution in [1.29, 1.82) is 0 Å². The Balaban J connectivity index is 2.06. The molecule has 3 heteroatoms. The predicted molar refractivity (Wildman–Crippen MR) is 73.7 cm³/mol. The van der Waals surface area contributed by atoms with Gasteiger partial charge >= 0.3 is 0 Å². The van der Waals surface area contributed by atoms with Crippen molar-refractivity contribution < 1.29 is 10.2 Å². The van der Waals surface area contributed by atoms with Crippen LogP contribution >= 0.6 is 0 Å². The molecule has 0 bridgehead atoms. The third-order valence-electron chi connectivity index (χ3n) is 3.84. The Labute approximate surface area is 109 Å². The lowest BCUT2D eigenvalue weighted by molar-refractivity contribution is 0.0464. The molecule has 18 heavy (non-hydrogen) atoms. The van der Waals surface area contributed by atoms with E-state index in [0.717, 1.165) is 37.1 Å². The van der Waals surface area contributed by atoms with Gasteiger partial charge in [-0.15, -0.1) is 0 Å². The van der Waals surface area contributed by atoms with Crippen LogP contribution < -0.4 is 4.90 Å². The molecule has 1 aromatic rings. The first-order valence-electron chi connectivity index (χ1n) is 6.78. The van der Waals surface area contributed by atoms with Gasteiger partial charge in [-0.05, 0) is 31.2 Å². The van der Waals surface area contributed by atoms with Crippen molar-refractivity contribution in [3.05, 3.63) is 29.8 Å². The van der Waals surface area contributed by atoms with Gasteiger partial charge in [-0.1, -0.05) is 25.1 Å². The van der Waals surface area contributed by atoms with Crippen LogP contribution in [0.2, 0.25) is 0 Å². The summed E-state index contributed by atoms with van der Waals surface area (Å²) in [6, 6.07) is 8.03. The van der Waals surface area contributed by atoms with Gasteiger partial charge in [0.1, 0.15) is 0 Å². The molecule has 0 aromatic heterocycles. The van der Waals surface area contributed by atoms with Gasteiger partial charge in [0, 0.05) is 24.8 Å². The molecule has 1 atom stereocenters. The second kappa shape index (κ2) is 5.72. The minimum absolute atomic E-state index is 0.0973. The maximum Gasteiger partial charge on any atom is 0.0807 e. The highest BCUT2D eigenvalue weighted by Crippen LogP contribution is 2.32. The van der Waals surface area contributed by atoms with Gasteiger partial charge in [-0.2, -0.15) is 0 Å². The fourth-order valence-electron chi connectivity index (χ4n) is 2.67. The van der Waals surface area contributed by atoms with Gasteiger partial charge in [-0.25, -0.2) is 0 Å². The van der Waals surface area contributed by atoms with E-state index in [1.807, 2.05) is 25.1 Å². The molecule has 0 heterocycles. The van der Waals surface area contributed by atoms with Crippen molar-refractivity contribution in [3.8, 4) is 0 Å². The van der Waals surface area contributed by atoms with Crippen LogP contribution in [0.1, 0.15) is 37.9 Å². The van der Waals surface area contributed by atoms with Gasteiger partial charge < -0.3 is 15.1 Å². The summed E-state index contributed by atoms with van der Waals surface area (Å²) in [5.41, 5.74) is 2.11. The van der Waals surface area contributed by atoms with Crippen LogP contribution in [-0.2, 0) is 0 Å². The number of rotatable bonds is 5. The van der Waals surface area contributed by atoms with Crippen LogP contribution in [0.4, 0.5) is 5.69 Å². The van der Waals surface area contributed by atoms with Crippen molar-refractivity contribution in [3.63, 3.8) is 0 Å². The summed E-state index contributed by atoms with van der Waals surface area (Å²) in [4.78, 5) is 2.20. The highest BCUT2D eigenvalue weighted by Gasteiger charge is 2.28. The molecule has 0 spiro atoms. The average Bonchev–Trinajstić information content (AvgIpc) is 2.36. The molecule has 3 nitrogen and oxygen atoms in total. The van der Waals surface area contributed by atoms with Crippen molar-refractivity contribution in [1.82, 2.24) is 0 Å². The molecule has 1 aliphatic carbocycles. The van der Waals surface area contributed by atoms with E-state index < -0.39 is 6.10 Å². The first kappa shape index (κ1) is 13.4. The Morgan fingerprint density at radius 1 is 1.33 bits per heavy atom. The molecule has 1 unspecified atom stereocenters.